The lowest BCUT2D eigenvalue weighted by Gasteiger charge is -2.26. The number of aliphatic hydroxyl groups excluding tert-OH is 1. The van der Waals surface area contributed by atoms with Crippen LogP contribution in [-0.2, 0) is 0 Å². The van der Waals surface area contributed by atoms with Crippen LogP contribution in [0.5, 0.6) is 0 Å². The van der Waals surface area contributed by atoms with Gasteiger partial charge < -0.3 is 15.7 Å². The number of carbonyl (C=O) groups excluding carboxylic acids is 1. The van der Waals surface area contributed by atoms with Gasteiger partial charge >= 0.3 is 0 Å². The molecule has 2 rings (SSSR count). The van der Waals surface area contributed by atoms with Gasteiger partial charge in [0.2, 0.25) is 0 Å². The Morgan fingerprint density at radius 2 is 2.19 bits per heavy atom. The van der Waals surface area contributed by atoms with Crippen LogP contribution in [0.25, 0.3) is 10.1 Å². The summed E-state index contributed by atoms with van der Waals surface area (Å²) in [5.41, 5.74) is 6.70. The minimum absolute atomic E-state index is 0.0618. The summed E-state index contributed by atoms with van der Waals surface area (Å²) in [6, 6.07) is 5.89. The van der Waals surface area contributed by atoms with E-state index in [0.717, 1.165) is 14.6 Å². The van der Waals surface area contributed by atoms with E-state index in [-0.39, 0.29) is 18.6 Å². The third-order valence-corrected chi connectivity index (χ3v) is 4.98. The molecule has 3 N–H and O–H groups in total. The molecule has 2 aromatic rings. The summed E-state index contributed by atoms with van der Waals surface area (Å²) in [6.07, 6.45) is 0.570. The number of nitrogens with zero attached hydrogens (tertiary/aromatic N) is 1. The van der Waals surface area contributed by atoms with Gasteiger partial charge in [-0.2, -0.15) is 0 Å². The highest BCUT2D eigenvalue weighted by Crippen LogP contribution is 2.36. The molecule has 0 aliphatic carbocycles. The third kappa shape index (κ3) is 3.39. The number of hydrogen-bond donors (Lipinski definition) is 2. The number of fused-ring (bicyclic) bond motifs is 1. The van der Waals surface area contributed by atoms with Crippen LogP contribution in [0.1, 0.15) is 29.9 Å². The van der Waals surface area contributed by atoms with E-state index in [0.29, 0.717) is 23.5 Å². The van der Waals surface area contributed by atoms with Gasteiger partial charge in [-0.3, -0.25) is 4.79 Å². The summed E-state index contributed by atoms with van der Waals surface area (Å²) in [4.78, 5) is 15.1. The van der Waals surface area contributed by atoms with E-state index in [4.69, 9.17) is 10.8 Å². The molecule has 21 heavy (non-hydrogen) atoms. The highest BCUT2D eigenvalue weighted by atomic mass is 79.9. The molecule has 0 saturated heterocycles. The van der Waals surface area contributed by atoms with E-state index < -0.39 is 0 Å². The first-order valence-corrected chi connectivity index (χ1v) is 8.46. The Kier molecular flexibility index (Phi) is 5.24. The van der Waals surface area contributed by atoms with Crippen LogP contribution >= 0.6 is 27.3 Å². The molecule has 0 radical (unpaired) electrons. The lowest BCUT2D eigenvalue weighted by atomic mass is 10.2. The van der Waals surface area contributed by atoms with E-state index >= 15 is 0 Å². The number of halogens is 1. The summed E-state index contributed by atoms with van der Waals surface area (Å²) in [6.45, 7) is 4.54. The minimum Gasteiger partial charge on any atom is -0.397 e. The van der Waals surface area contributed by atoms with Crippen molar-refractivity contribution < 1.29 is 9.90 Å². The fraction of sp³-hybridized carbons (Fsp3) is 0.400. The molecular formula is C15H19BrN2O2S. The number of benzene rings is 1. The van der Waals surface area contributed by atoms with Crippen molar-refractivity contribution in [2.24, 2.45) is 0 Å². The Hall–Kier alpha value is -1.11. The molecule has 1 amide bonds. The lowest BCUT2D eigenvalue weighted by Crippen LogP contribution is -2.37. The van der Waals surface area contributed by atoms with Crippen LogP contribution in [0.4, 0.5) is 5.69 Å². The van der Waals surface area contributed by atoms with Gasteiger partial charge in [-0.25, -0.2) is 0 Å². The second-order valence-electron chi connectivity index (χ2n) is 5.15. The summed E-state index contributed by atoms with van der Waals surface area (Å²) in [5, 5.41) is 9.90. The van der Waals surface area contributed by atoms with Crippen LogP contribution in [0.15, 0.2) is 22.7 Å². The molecular weight excluding hydrogens is 352 g/mol. The standard InChI is InChI=1S/C15H19BrN2O2S/c1-9(2)18(6-3-7-19)15(20)14-13(17)11-5-4-10(16)8-12(11)21-14/h4-5,8-9,19H,3,6-7,17H2,1-2H3. The largest absolute Gasteiger partial charge is 0.397 e. The number of rotatable bonds is 5. The quantitative estimate of drug-likeness (QED) is 0.846. The number of anilines is 1. The van der Waals surface area contributed by atoms with Crippen LogP contribution in [0, 0.1) is 0 Å². The fourth-order valence-corrected chi connectivity index (χ4v) is 3.85. The molecule has 0 fully saturated rings. The average molecular weight is 371 g/mol. The number of aliphatic hydroxyl groups is 1. The SMILES string of the molecule is CC(C)N(CCCO)C(=O)c1sc2cc(Br)ccc2c1N. The maximum atomic E-state index is 12.7. The van der Waals surface area contributed by atoms with Gasteiger partial charge in [0.1, 0.15) is 4.88 Å². The molecule has 0 atom stereocenters. The van der Waals surface area contributed by atoms with Crippen molar-refractivity contribution in [3.8, 4) is 0 Å². The molecule has 6 heteroatoms. The van der Waals surface area contributed by atoms with Crippen molar-refractivity contribution in [2.75, 3.05) is 18.9 Å². The van der Waals surface area contributed by atoms with Gasteiger partial charge in [0.25, 0.3) is 5.91 Å². The zero-order valence-corrected chi connectivity index (χ0v) is 14.5. The van der Waals surface area contributed by atoms with Gasteiger partial charge in [-0.05, 0) is 32.4 Å². The van der Waals surface area contributed by atoms with E-state index in [1.165, 1.54) is 11.3 Å². The molecule has 1 aromatic heterocycles. The molecule has 0 aliphatic heterocycles. The van der Waals surface area contributed by atoms with E-state index in [9.17, 15) is 4.79 Å². The molecule has 1 aromatic carbocycles. The predicted molar refractivity (Wildman–Crippen MR) is 91.8 cm³/mol. The number of hydrogen-bond acceptors (Lipinski definition) is 4. The van der Waals surface area contributed by atoms with Gasteiger partial charge in [-0.15, -0.1) is 11.3 Å². The van der Waals surface area contributed by atoms with Crippen molar-refractivity contribution in [1.29, 1.82) is 0 Å². The Morgan fingerprint density at radius 1 is 1.48 bits per heavy atom. The first-order chi connectivity index (χ1) is 9.95. The molecule has 0 saturated carbocycles. The Labute approximate surface area is 136 Å². The number of carbonyl (C=O) groups is 1. The summed E-state index contributed by atoms with van der Waals surface area (Å²) < 4.78 is 1.97. The fourth-order valence-electron chi connectivity index (χ4n) is 2.21. The van der Waals surface area contributed by atoms with Crippen molar-refractivity contribution in [2.45, 2.75) is 26.3 Å². The topological polar surface area (TPSA) is 66.6 Å². The molecule has 1 heterocycles. The van der Waals surface area contributed by atoms with Gasteiger partial charge in [0.05, 0.1) is 5.69 Å². The zero-order chi connectivity index (χ0) is 15.6. The number of nitrogens with two attached hydrogens (primary N) is 1. The summed E-state index contributed by atoms with van der Waals surface area (Å²) in [5.74, 6) is -0.0618. The van der Waals surface area contributed by atoms with Crippen molar-refractivity contribution in [1.82, 2.24) is 4.90 Å². The Morgan fingerprint density at radius 3 is 2.81 bits per heavy atom. The number of amides is 1. The lowest BCUT2D eigenvalue weighted by molar-refractivity contribution is 0.0699. The Balaban J connectivity index is 2.39. The highest BCUT2D eigenvalue weighted by molar-refractivity contribution is 9.10. The van der Waals surface area contributed by atoms with Crippen LogP contribution in [0.3, 0.4) is 0 Å². The molecule has 114 valence electrons. The summed E-state index contributed by atoms with van der Waals surface area (Å²) >= 11 is 4.85. The van der Waals surface area contributed by atoms with Gasteiger partial charge in [0, 0.05) is 33.8 Å². The van der Waals surface area contributed by atoms with Crippen LogP contribution in [-0.4, -0.2) is 35.1 Å². The first-order valence-electron chi connectivity index (χ1n) is 6.85. The molecule has 0 aliphatic rings. The average Bonchev–Trinajstić information content (AvgIpc) is 2.75. The number of thiophene rings is 1. The normalized spacial score (nSPS) is 11.3. The van der Waals surface area contributed by atoms with Crippen LogP contribution in [0.2, 0.25) is 0 Å². The molecule has 0 spiro atoms. The smallest absolute Gasteiger partial charge is 0.266 e. The van der Waals surface area contributed by atoms with Crippen molar-refractivity contribution in [3.63, 3.8) is 0 Å². The molecule has 4 nitrogen and oxygen atoms in total. The second-order valence-corrected chi connectivity index (χ2v) is 7.12. The van der Waals surface area contributed by atoms with Crippen LogP contribution < -0.4 is 5.73 Å². The maximum absolute atomic E-state index is 12.7. The second kappa shape index (κ2) is 6.77. The summed E-state index contributed by atoms with van der Waals surface area (Å²) in [7, 11) is 0. The molecule has 0 bridgehead atoms. The number of nitrogen functional groups attached to an aromatic ring is 1. The van der Waals surface area contributed by atoms with Gasteiger partial charge in [-0.1, -0.05) is 22.0 Å². The maximum Gasteiger partial charge on any atom is 0.266 e. The zero-order valence-electron chi connectivity index (χ0n) is 12.1. The highest BCUT2D eigenvalue weighted by Gasteiger charge is 2.23. The van der Waals surface area contributed by atoms with Crippen molar-refractivity contribution >= 4 is 48.9 Å². The van der Waals surface area contributed by atoms with E-state index in [2.05, 4.69) is 15.9 Å². The predicted octanol–water partition coefficient (Wildman–Crippen LogP) is 3.48. The van der Waals surface area contributed by atoms with E-state index in [1.807, 2.05) is 32.0 Å². The van der Waals surface area contributed by atoms with Crippen molar-refractivity contribution in [3.05, 3.63) is 27.5 Å². The van der Waals surface area contributed by atoms with E-state index in [1.54, 1.807) is 4.90 Å². The third-order valence-electron chi connectivity index (χ3n) is 3.33. The Bertz CT molecular complexity index is 654. The molecule has 0 unspecified atom stereocenters. The van der Waals surface area contributed by atoms with Gasteiger partial charge in [0.15, 0.2) is 0 Å². The monoisotopic (exact) mass is 370 g/mol. The minimum atomic E-state index is -0.0618. The first kappa shape index (κ1) is 16.3.